The van der Waals surface area contributed by atoms with Crippen molar-refractivity contribution in [1.82, 2.24) is 9.97 Å². The molecule has 5 heteroatoms. The summed E-state index contributed by atoms with van der Waals surface area (Å²) in [7, 11) is 0. The molecule has 3 N–H and O–H groups in total. The van der Waals surface area contributed by atoms with E-state index in [1.807, 2.05) is 13.8 Å². The number of nitrogen functional groups attached to an aromatic ring is 1. The van der Waals surface area contributed by atoms with Crippen molar-refractivity contribution < 1.29 is 0 Å². The van der Waals surface area contributed by atoms with Crippen molar-refractivity contribution in [2.45, 2.75) is 44.4 Å². The van der Waals surface area contributed by atoms with E-state index in [4.69, 9.17) is 5.84 Å². The highest BCUT2D eigenvalue weighted by Crippen LogP contribution is 2.28. The number of nitrogens with zero attached hydrogens (tertiary/aromatic N) is 2. The highest BCUT2D eigenvalue weighted by Gasteiger charge is 2.11. The molecule has 1 unspecified atom stereocenters. The second-order valence-electron chi connectivity index (χ2n) is 3.53. The Labute approximate surface area is 95.0 Å². The molecule has 15 heavy (non-hydrogen) atoms. The predicted molar refractivity (Wildman–Crippen MR) is 64.9 cm³/mol. The number of aromatic nitrogens is 2. The molecule has 1 atom stereocenters. The second kappa shape index (κ2) is 5.32. The van der Waals surface area contributed by atoms with Crippen LogP contribution in [0.25, 0.3) is 0 Å². The van der Waals surface area contributed by atoms with Crippen LogP contribution in [0.5, 0.6) is 0 Å². The highest BCUT2D eigenvalue weighted by atomic mass is 32.2. The van der Waals surface area contributed by atoms with E-state index in [9.17, 15) is 0 Å². The summed E-state index contributed by atoms with van der Waals surface area (Å²) in [4.78, 5) is 8.65. The van der Waals surface area contributed by atoms with Crippen LogP contribution in [0, 0.1) is 13.8 Å². The third-order valence-corrected chi connectivity index (χ3v) is 3.59. The normalized spacial score (nSPS) is 12.6. The van der Waals surface area contributed by atoms with Crippen LogP contribution in [0.4, 0.5) is 5.82 Å². The summed E-state index contributed by atoms with van der Waals surface area (Å²) >= 11 is 1.77. The Balaban J connectivity index is 3.01. The van der Waals surface area contributed by atoms with Crippen LogP contribution >= 0.6 is 11.8 Å². The first-order chi connectivity index (χ1) is 7.08. The van der Waals surface area contributed by atoms with Gasteiger partial charge in [0.25, 0.3) is 0 Å². The predicted octanol–water partition coefficient (Wildman–Crippen LogP) is 2.27. The van der Waals surface area contributed by atoms with E-state index < -0.39 is 0 Å². The molecule has 0 saturated heterocycles. The van der Waals surface area contributed by atoms with Gasteiger partial charge in [-0.2, -0.15) is 0 Å². The van der Waals surface area contributed by atoms with Crippen molar-refractivity contribution in [3.63, 3.8) is 0 Å². The first kappa shape index (κ1) is 12.3. The minimum atomic E-state index is 0.559. The van der Waals surface area contributed by atoms with Crippen LogP contribution in [0.2, 0.25) is 0 Å². The fourth-order valence-electron chi connectivity index (χ4n) is 1.13. The smallest absolute Gasteiger partial charge is 0.147 e. The molecule has 0 aliphatic heterocycles. The average molecular weight is 226 g/mol. The number of rotatable bonds is 4. The maximum absolute atomic E-state index is 5.40. The number of thioether (sulfide) groups is 1. The van der Waals surface area contributed by atoms with Crippen molar-refractivity contribution in [3.05, 3.63) is 11.4 Å². The van der Waals surface area contributed by atoms with Crippen molar-refractivity contribution in [3.8, 4) is 0 Å². The Morgan fingerprint density at radius 2 is 2.07 bits per heavy atom. The fraction of sp³-hybridized carbons (Fsp3) is 0.600. The zero-order valence-electron chi connectivity index (χ0n) is 9.66. The van der Waals surface area contributed by atoms with Crippen molar-refractivity contribution in [2.24, 2.45) is 5.84 Å². The first-order valence-corrected chi connectivity index (χ1v) is 5.95. The number of aryl methyl sites for hydroxylation is 1. The summed E-state index contributed by atoms with van der Waals surface area (Å²) in [5, 5.41) is 1.58. The number of hydrogen-bond acceptors (Lipinski definition) is 5. The summed E-state index contributed by atoms with van der Waals surface area (Å²) in [6.45, 7) is 8.22. The van der Waals surface area contributed by atoms with Crippen LogP contribution in [0.15, 0.2) is 5.03 Å². The molecule has 0 bridgehead atoms. The van der Waals surface area contributed by atoms with Gasteiger partial charge in [-0.25, -0.2) is 15.8 Å². The van der Waals surface area contributed by atoms with Gasteiger partial charge in [0.15, 0.2) is 0 Å². The summed E-state index contributed by atoms with van der Waals surface area (Å²) in [6.07, 6.45) is 1.12. The zero-order chi connectivity index (χ0) is 11.4. The van der Waals surface area contributed by atoms with Crippen LogP contribution < -0.4 is 11.3 Å². The summed E-state index contributed by atoms with van der Waals surface area (Å²) in [5.74, 6) is 6.87. The van der Waals surface area contributed by atoms with Gasteiger partial charge in [-0.05, 0) is 20.3 Å². The van der Waals surface area contributed by atoms with Crippen molar-refractivity contribution in [1.29, 1.82) is 0 Å². The molecule has 0 saturated carbocycles. The Morgan fingerprint density at radius 1 is 1.40 bits per heavy atom. The zero-order valence-corrected chi connectivity index (χ0v) is 10.5. The van der Waals surface area contributed by atoms with Gasteiger partial charge in [0.2, 0.25) is 0 Å². The maximum Gasteiger partial charge on any atom is 0.147 e. The van der Waals surface area contributed by atoms with Gasteiger partial charge in [0.05, 0.1) is 0 Å². The standard InChI is InChI=1S/C10H18N4S/c1-5-6(2)15-10-7(3)9(14-11)12-8(4)13-10/h6H,5,11H2,1-4H3,(H,12,13,14). The lowest BCUT2D eigenvalue weighted by molar-refractivity contribution is 0.885. The third-order valence-electron chi connectivity index (χ3n) is 2.24. The number of anilines is 1. The second-order valence-corrected chi connectivity index (χ2v) is 4.96. The molecule has 0 amide bonds. The number of nitrogens with two attached hydrogens (primary N) is 1. The molecule has 0 aliphatic carbocycles. The van der Waals surface area contributed by atoms with E-state index in [1.165, 1.54) is 0 Å². The minimum Gasteiger partial charge on any atom is -0.308 e. The summed E-state index contributed by atoms with van der Waals surface area (Å²) < 4.78 is 0. The van der Waals surface area contributed by atoms with E-state index in [1.54, 1.807) is 11.8 Å². The topological polar surface area (TPSA) is 63.8 Å². The molecule has 0 fully saturated rings. The lowest BCUT2D eigenvalue weighted by atomic mass is 10.3. The largest absolute Gasteiger partial charge is 0.308 e. The molecule has 0 aliphatic rings. The van der Waals surface area contributed by atoms with E-state index >= 15 is 0 Å². The third kappa shape index (κ3) is 3.07. The summed E-state index contributed by atoms with van der Waals surface area (Å²) in [5.41, 5.74) is 3.62. The number of hydrazine groups is 1. The molecule has 0 aromatic carbocycles. The van der Waals surface area contributed by atoms with Gasteiger partial charge in [0.1, 0.15) is 16.7 Å². The maximum atomic E-state index is 5.40. The molecule has 1 rings (SSSR count). The molecule has 0 radical (unpaired) electrons. The van der Waals surface area contributed by atoms with Gasteiger partial charge in [0, 0.05) is 10.8 Å². The molecular formula is C10H18N4S. The summed E-state index contributed by atoms with van der Waals surface area (Å²) in [6, 6.07) is 0. The Kier molecular flexibility index (Phi) is 4.35. The van der Waals surface area contributed by atoms with Gasteiger partial charge in [-0.3, -0.25) is 0 Å². The molecule has 1 heterocycles. The van der Waals surface area contributed by atoms with Gasteiger partial charge >= 0.3 is 0 Å². The van der Waals surface area contributed by atoms with Gasteiger partial charge < -0.3 is 5.43 Å². The first-order valence-electron chi connectivity index (χ1n) is 5.07. The average Bonchev–Trinajstić information content (AvgIpc) is 2.22. The Morgan fingerprint density at radius 3 is 2.60 bits per heavy atom. The lowest BCUT2D eigenvalue weighted by Crippen LogP contribution is -2.12. The van der Waals surface area contributed by atoms with Crippen LogP contribution in [0.1, 0.15) is 31.7 Å². The number of nitrogens with one attached hydrogen (secondary N) is 1. The van der Waals surface area contributed by atoms with E-state index in [0.29, 0.717) is 11.1 Å². The SMILES string of the molecule is CCC(C)Sc1nc(C)nc(NN)c1C. The molecule has 1 aromatic rings. The quantitative estimate of drug-likeness (QED) is 0.357. The molecule has 0 spiro atoms. The molecule has 1 aromatic heterocycles. The number of hydrogen-bond donors (Lipinski definition) is 2. The van der Waals surface area contributed by atoms with Crippen molar-refractivity contribution in [2.75, 3.05) is 5.43 Å². The minimum absolute atomic E-state index is 0.559. The van der Waals surface area contributed by atoms with Gasteiger partial charge in [-0.15, -0.1) is 11.8 Å². The Bertz CT molecular complexity index is 340. The van der Waals surface area contributed by atoms with Crippen molar-refractivity contribution >= 4 is 17.6 Å². The Hall–Kier alpha value is -0.810. The highest BCUT2D eigenvalue weighted by molar-refractivity contribution is 7.99. The van der Waals surface area contributed by atoms with Crippen LogP contribution in [-0.4, -0.2) is 15.2 Å². The molecular weight excluding hydrogens is 208 g/mol. The van der Waals surface area contributed by atoms with Crippen LogP contribution in [0.3, 0.4) is 0 Å². The monoisotopic (exact) mass is 226 g/mol. The lowest BCUT2D eigenvalue weighted by Gasteiger charge is -2.12. The molecule has 4 nitrogen and oxygen atoms in total. The van der Waals surface area contributed by atoms with E-state index in [2.05, 4.69) is 29.2 Å². The van der Waals surface area contributed by atoms with E-state index in [-0.39, 0.29) is 0 Å². The van der Waals surface area contributed by atoms with Gasteiger partial charge in [-0.1, -0.05) is 13.8 Å². The fourth-order valence-corrected chi connectivity index (χ4v) is 2.14. The molecule has 84 valence electrons. The van der Waals surface area contributed by atoms with E-state index in [0.717, 1.165) is 22.8 Å². The van der Waals surface area contributed by atoms with Crippen LogP contribution in [-0.2, 0) is 0 Å².